The third kappa shape index (κ3) is 6.65. The molecule has 0 fully saturated rings. The van der Waals surface area contributed by atoms with Crippen LogP contribution in [0, 0.1) is 0 Å². The largest absolute Gasteiger partial charge is 0.492 e. The monoisotopic (exact) mass is 489 g/mol. The molecular formula is C19H24ClN3O6S2. The van der Waals surface area contributed by atoms with E-state index in [9.17, 15) is 21.6 Å². The SMILES string of the molecule is CN(C)S(=O)(=O)c1ccc(OCCNC(=O)CN(C)S(=O)(=O)c2ccc(Cl)cc2)cc1. The molecule has 0 aliphatic rings. The Labute approximate surface area is 187 Å². The maximum atomic E-state index is 12.5. The van der Waals surface area contributed by atoms with Gasteiger partial charge in [-0.2, -0.15) is 4.31 Å². The molecule has 2 rings (SSSR count). The van der Waals surface area contributed by atoms with Crippen molar-refractivity contribution < 1.29 is 26.4 Å². The molecule has 2 aromatic carbocycles. The average molecular weight is 490 g/mol. The van der Waals surface area contributed by atoms with Gasteiger partial charge < -0.3 is 10.1 Å². The molecule has 0 radical (unpaired) electrons. The number of sulfonamides is 2. The van der Waals surface area contributed by atoms with Crippen LogP contribution in [-0.2, 0) is 24.8 Å². The minimum absolute atomic E-state index is 0.0373. The number of nitrogens with zero attached hydrogens (tertiary/aromatic N) is 2. The lowest BCUT2D eigenvalue weighted by molar-refractivity contribution is -0.121. The van der Waals surface area contributed by atoms with Crippen LogP contribution >= 0.6 is 11.6 Å². The van der Waals surface area contributed by atoms with Gasteiger partial charge in [-0.1, -0.05) is 11.6 Å². The maximum absolute atomic E-state index is 12.5. The van der Waals surface area contributed by atoms with E-state index in [4.69, 9.17) is 16.3 Å². The first-order valence-electron chi connectivity index (χ1n) is 9.08. The van der Waals surface area contributed by atoms with Gasteiger partial charge >= 0.3 is 0 Å². The van der Waals surface area contributed by atoms with E-state index in [2.05, 4.69) is 5.32 Å². The third-order valence-corrected chi connectivity index (χ3v) is 8.08. The summed E-state index contributed by atoms with van der Waals surface area (Å²) >= 11 is 5.77. The van der Waals surface area contributed by atoms with Crippen molar-refractivity contribution in [1.29, 1.82) is 0 Å². The van der Waals surface area contributed by atoms with Crippen LogP contribution in [0.15, 0.2) is 58.3 Å². The van der Waals surface area contributed by atoms with Crippen LogP contribution < -0.4 is 10.1 Å². The number of carbonyl (C=O) groups is 1. The number of nitrogens with one attached hydrogen (secondary N) is 1. The molecule has 0 aliphatic carbocycles. The van der Waals surface area contributed by atoms with E-state index in [1.54, 1.807) is 0 Å². The number of likely N-dealkylation sites (N-methyl/N-ethyl adjacent to an activating group) is 1. The van der Waals surface area contributed by atoms with Gasteiger partial charge in [0.1, 0.15) is 12.4 Å². The van der Waals surface area contributed by atoms with Crippen LogP contribution in [0.1, 0.15) is 0 Å². The van der Waals surface area contributed by atoms with Crippen molar-refractivity contribution in [3.63, 3.8) is 0 Å². The second-order valence-electron chi connectivity index (χ2n) is 6.67. The normalized spacial score (nSPS) is 12.2. The van der Waals surface area contributed by atoms with E-state index < -0.39 is 26.0 Å². The molecule has 0 aliphatic heterocycles. The second-order valence-corrected chi connectivity index (χ2v) is 11.3. The molecule has 0 saturated carbocycles. The number of rotatable bonds is 10. The summed E-state index contributed by atoms with van der Waals surface area (Å²) < 4.78 is 56.5. The smallest absolute Gasteiger partial charge is 0.243 e. The lowest BCUT2D eigenvalue weighted by atomic mass is 10.3. The van der Waals surface area contributed by atoms with Crippen molar-refractivity contribution >= 4 is 37.6 Å². The van der Waals surface area contributed by atoms with Gasteiger partial charge in [-0.05, 0) is 48.5 Å². The Morgan fingerprint density at radius 1 is 0.903 bits per heavy atom. The minimum atomic E-state index is -3.82. The highest BCUT2D eigenvalue weighted by Crippen LogP contribution is 2.18. The molecule has 9 nitrogen and oxygen atoms in total. The van der Waals surface area contributed by atoms with Gasteiger partial charge in [0, 0.05) is 26.2 Å². The average Bonchev–Trinajstić information content (AvgIpc) is 2.71. The van der Waals surface area contributed by atoms with Crippen molar-refractivity contribution in [1.82, 2.24) is 13.9 Å². The van der Waals surface area contributed by atoms with Crippen LogP contribution in [0.3, 0.4) is 0 Å². The van der Waals surface area contributed by atoms with Gasteiger partial charge in [-0.15, -0.1) is 0 Å². The van der Waals surface area contributed by atoms with Crippen molar-refractivity contribution in [3.05, 3.63) is 53.6 Å². The lowest BCUT2D eigenvalue weighted by Crippen LogP contribution is -2.39. The number of amides is 1. The molecular weight excluding hydrogens is 466 g/mol. The molecule has 170 valence electrons. The quantitative estimate of drug-likeness (QED) is 0.505. The van der Waals surface area contributed by atoms with Gasteiger partial charge in [0.25, 0.3) is 0 Å². The molecule has 0 heterocycles. The zero-order valence-corrected chi connectivity index (χ0v) is 19.7. The predicted octanol–water partition coefficient (Wildman–Crippen LogP) is 1.41. The Kier molecular flexibility index (Phi) is 8.43. The molecule has 0 aromatic heterocycles. The number of carbonyl (C=O) groups excluding carboxylic acids is 1. The summed E-state index contributed by atoms with van der Waals surface area (Å²) in [7, 11) is -3.13. The van der Waals surface area contributed by atoms with Gasteiger partial charge in [-0.25, -0.2) is 21.1 Å². The first-order valence-corrected chi connectivity index (χ1v) is 12.3. The lowest BCUT2D eigenvalue weighted by Gasteiger charge is -2.17. The van der Waals surface area contributed by atoms with Gasteiger partial charge in [0.2, 0.25) is 26.0 Å². The fourth-order valence-electron chi connectivity index (χ4n) is 2.41. The topological polar surface area (TPSA) is 113 Å². The summed E-state index contributed by atoms with van der Waals surface area (Å²) in [6.45, 7) is -0.0906. The highest BCUT2D eigenvalue weighted by Gasteiger charge is 2.22. The van der Waals surface area contributed by atoms with E-state index >= 15 is 0 Å². The summed E-state index contributed by atoms with van der Waals surface area (Å²) in [6, 6.07) is 11.6. The van der Waals surface area contributed by atoms with Crippen LogP contribution in [0.5, 0.6) is 5.75 Å². The fraction of sp³-hybridized carbons (Fsp3) is 0.316. The van der Waals surface area contributed by atoms with E-state index in [1.165, 1.54) is 69.7 Å². The van der Waals surface area contributed by atoms with Gasteiger partial charge in [0.15, 0.2) is 0 Å². The number of halogens is 1. The summed E-state index contributed by atoms with van der Waals surface area (Å²) in [5.74, 6) is -0.0505. The van der Waals surface area contributed by atoms with Crippen molar-refractivity contribution in [2.75, 3.05) is 40.8 Å². The van der Waals surface area contributed by atoms with Crippen molar-refractivity contribution in [2.45, 2.75) is 9.79 Å². The first kappa shape index (κ1) is 25.1. The standard InChI is InChI=1S/C19H24ClN3O6S2/c1-22(2)30(25,26)17-10-6-16(7-11-17)29-13-12-21-19(24)14-23(3)31(27,28)18-8-4-15(20)5-9-18/h4-11H,12-14H2,1-3H3,(H,21,24). The minimum Gasteiger partial charge on any atom is -0.492 e. The van der Waals surface area contributed by atoms with Crippen LogP contribution in [-0.4, -0.2) is 72.2 Å². The van der Waals surface area contributed by atoms with E-state index in [0.29, 0.717) is 10.8 Å². The van der Waals surface area contributed by atoms with E-state index in [-0.39, 0.29) is 29.5 Å². The van der Waals surface area contributed by atoms with Gasteiger partial charge in [-0.3, -0.25) is 4.79 Å². The van der Waals surface area contributed by atoms with E-state index in [0.717, 1.165) is 8.61 Å². The second kappa shape index (κ2) is 10.4. The van der Waals surface area contributed by atoms with Crippen molar-refractivity contribution in [3.8, 4) is 5.75 Å². The Morgan fingerprint density at radius 3 is 1.97 bits per heavy atom. The Hall–Kier alpha value is -2.18. The molecule has 0 bridgehead atoms. The predicted molar refractivity (Wildman–Crippen MR) is 117 cm³/mol. The summed E-state index contributed by atoms with van der Waals surface area (Å²) in [4.78, 5) is 12.2. The van der Waals surface area contributed by atoms with E-state index in [1.807, 2.05) is 0 Å². The Balaban J connectivity index is 1.81. The number of hydrogen-bond donors (Lipinski definition) is 1. The molecule has 0 unspecified atom stereocenters. The Bertz CT molecular complexity index is 1100. The van der Waals surface area contributed by atoms with Crippen LogP contribution in [0.2, 0.25) is 5.02 Å². The maximum Gasteiger partial charge on any atom is 0.243 e. The molecule has 0 atom stereocenters. The zero-order chi connectivity index (χ0) is 23.2. The molecule has 12 heteroatoms. The molecule has 31 heavy (non-hydrogen) atoms. The molecule has 2 aromatic rings. The van der Waals surface area contributed by atoms with Crippen LogP contribution in [0.4, 0.5) is 0 Å². The fourth-order valence-corrected chi connectivity index (χ4v) is 4.56. The number of benzene rings is 2. The third-order valence-electron chi connectivity index (χ3n) is 4.18. The number of ether oxygens (including phenoxy) is 1. The molecule has 0 saturated heterocycles. The summed E-state index contributed by atoms with van der Waals surface area (Å²) in [5, 5.41) is 2.98. The van der Waals surface area contributed by atoms with Crippen LogP contribution in [0.25, 0.3) is 0 Å². The zero-order valence-electron chi connectivity index (χ0n) is 17.3. The summed E-state index contributed by atoms with van der Waals surface area (Å²) in [6.07, 6.45) is 0. The molecule has 1 N–H and O–H groups in total. The highest BCUT2D eigenvalue weighted by molar-refractivity contribution is 7.89. The highest BCUT2D eigenvalue weighted by atomic mass is 35.5. The number of hydrogen-bond acceptors (Lipinski definition) is 6. The molecule has 1 amide bonds. The van der Waals surface area contributed by atoms with Gasteiger partial charge in [0.05, 0.1) is 22.9 Å². The molecule has 0 spiro atoms. The Morgan fingerprint density at radius 2 is 1.42 bits per heavy atom. The first-order chi connectivity index (χ1) is 14.4. The summed E-state index contributed by atoms with van der Waals surface area (Å²) in [5.41, 5.74) is 0. The van der Waals surface area contributed by atoms with Crippen molar-refractivity contribution in [2.24, 2.45) is 0 Å².